The molecule has 0 aromatic carbocycles. The van der Waals surface area contributed by atoms with Crippen molar-refractivity contribution >= 4 is 9.24 Å². The Morgan fingerprint density at radius 1 is 0.765 bits per heavy atom. The van der Waals surface area contributed by atoms with Crippen LogP contribution in [0.1, 0.15) is 77.0 Å². The Morgan fingerprint density at radius 3 is 1.65 bits per heavy atom. The van der Waals surface area contributed by atoms with Crippen LogP contribution in [0.3, 0.4) is 0 Å². The third-order valence-corrected chi connectivity index (χ3v) is 5.66. The van der Waals surface area contributed by atoms with Crippen molar-refractivity contribution in [3.05, 3.63) is 0 Å². The molecule has 0 heterocycles. The molecule has 0 N–H and O–H groups in total. The highest BCUT2D eigenvalue weighted by atomic mass is 31.0. The fourth-order valence-corrected chi connectivity index (χ4v) is 4.57. The van der Waals surface area contributed by atoms with Gasteiger partial charge in [0.1, 0.15) is 0 Å². The first-order valence-electron chi connectivity index (χ1n) is 8.12. The lowest BCUT2D eigenvalue weighted by Crippen LogP contribution is -2.27. The summed E-state index contributed by atoms with van der Waals surface area (Å²) in [5.41, 5.74) is 0. The molecular weight excluding hydrogens is 223 g/mol. The Kier molecular flexibility index (Phi) is 6.34. The zero-order valence-corrected chi connectivity index (χ0v) is 12.7. The molecule has 0 nitrogen and oxygen atoms in total. The maximum Gasteiger partial charge on any atom is -0.0357 e. The number of hydrogen-bond donors (Lipinski definition) is 0. The zero-order chi connectivity index (χ0) is 11.9. The van der Waals surface area contributed by atoms with Gasteiger partial charge < -0.3 is 0 Å². The van der Waals surface area contributed by atoms with Crippen LogP contribution in [0.15, 0.2) is 0 Å². The van der Waals surface area contributed by atoms with Gasteiger partial charge in [-0.05, 0) is 36.8 Å². The van der Waals surface area contributed by atoms with Gasteiger partial charge in [-0.2, -0.15) is 0 Å². The minimum absolute atomic E-state index is 1.09. The molecule has 1 atom stereocenters. The smallest absolute Gasteiger partial charge is 0.0357 e. The quantitative estimate of drug-likeness (QED) is 0.575. The highest BCUT2D eigenvalue weighted by molar-refractivity contribution is 7.16. The predicted molar refractivity (Wildman–Crippen MR) is 80.5 cm³/mol. The van der Waals surface area contributed by atoms with E-state index in [4.69, 9.17) is 0 Å². The van der Waals surface area contributed by atoms with E-state index in [0.717, 1.165) is 17.8 Å². The van der Waals surface area contributed by atoms with Crippen LogP contribution in [0.25, 0.3) is 0 Å². The molecule has 2 saturated carbocycles. The zero-order valence-electron chi connectivity index (χ0n) is 11.5. The lowest BCUT2D eigenvalue weighted by Gasteiger charge is -2.38. The van der Waals surface area contributed by atoms with E-state index in [-0.39, 0.29) is 0 Å². The van der Waals surface area contributed by atoms with E-state index in [1.807, 2.05) is 0 Å². The molecule has 0 radical (unpaired) electrons. The van der Waals surface area contributed by atoms with E-state index >= 15 is 0 Å². The number of hydrogen-bond acceptors (Lipinski definition) is 0. The summed E-state index contributed by atoms with van der Waals surface area (Å²) in [4.78, 5) is 0. The summed E-state index contributed by atoms with van der Waals surface area (Å²) in [6.45, 7) is 0. The molecule has 0 bridgehead atoms. The topological polar surface area (TPSA) is 0 Å². The summed E-state index contributed by atoms with van der Waals surface area (Å²) < 4.78 is 0. The summed E-state index contributed by atoms with van der Waals surface area (Å²) in [7, 11) is 2.92. The average Bonchev–Trinajstić information content (AvgIpc) is 2.42. The van der Waals surface area contributed by atoms with E-state index in [2.05, 4.69) is 9.24 Å². The summed E-state index contributed by atoms with van der Waals surface area (Å²) in [6, 6.07) is 0. The van der Waals surface area contributed by atoms with Crippen LogP contribution in [0, 0.1) is 17.8 Å². The largest absolute Gasteiger partial charge is 0.138 e. The first-order chi connectivity index (χ1) is 8.42. The van der Waals surface area contributed by atoms with E-state index < -0.39 is 0 Å². The molecule has 1 heteroatoms. The molecule has 0 spiro atoms. The first kappa shape index (κ1) is 13.9. The average molecular weight is 254 g/mol. The molecule has 17 heavy (non-hydrogen) atoms. The third kappa shape index (κ3) is 4.23. The minimum Gasteiger partial charge on any atom is -0.138 e. The van der Waals surface area contributed by atoms with Gasteiger partial charge in [0.05, 0.1) is 0 Å². The summed E-state index contributed by atoms with van der Waals surface area (Å²) in [5.74, 6) is 3.29. The molecule has 100 valence electrons. The van der Waals surface area contributed by atoms with E-state index in [9.17, 15) is 0 Å². The second-order valence-electron chi connectivity index (χ2n) is 6.39. The Labute approximate surface area is 111 Å². The van der Waals surface area contributed by atoms with Gasteiger partial charge in [0.2, 0.25) is 0 Å². The van der Waals surface area contributed by atoms with Crippen LogP contribution in [-0.2, 0) is 0 Å². The van der Waals surface area contributed by atoms with Gasteiger partial charge in [-0.15, -0.1) is 9.24 Å². The van der Waals surface area contributed by atoms with E-state index in [0.29, 0.717) is 0 Å². The molecule has 2 aliphatic rings. The molecule has 0 aromatic rings. The van der Waals surface area contributed by atoms with Crippen molar-refractivity contribution in [1.82, 2.24) is 0 Å². The fraction of sp³-hybridized carbons (Fsp3) is 1.00. The molecule has 2 aliphatic carbocycles. The van der Waals surface area contributed by atoms with Crippen molar-refractivity contribution < 1.29 is 0 Å². The van der Waals surface area contributed by atoms with Crippen molar-refractivity contribution in [3.63, 3.8) is 0 Å². The van der Waals surface area contributed by atoms with Crippen LogP contribution >= 0.6 is 9.24 Å². The van der Waals surface area contributed by atoms with Gasteiger partial charge in [0.25, 0.3) is 0 Å². The van der Waals surface area contributed by atoms with Crippen molar-refractivity contribution in [2.45, 2.75) is 77.0 Å². The Hall–Kier alpha value is 0.430. The van der Waals surface area contributed by atoms with E-state index in [1.165, 1.54) is 57.5 Å². The molecular formula is C16H31P. The summed E-state index contributed by atoms with van der Waals surface area (Å²) in [5, 5.41) is 0. The highest BCUT2D eigenvalue weighted by Gasteiger charge is 2.30. The van der Waals surface area contributed by atoms with Crippen molar-refractivity contribution in [2.24, 2.45) is 17.8 Å². The normalized spacial score (nSPS) is 24.4. The van der Waals surface area contributed by atoms with Crippen LogP contribution < -0.4 is 0 Å². The molecule has 0 saturated heterocycles. The monoisotopic (exact) mass is 254 g/mol. The van der Waals surface area contributed by atoms with Gasteiger partial charge in [-0.25, -0.2) is 0 Å². The van der Waals surface area contributed by atoms with Crippen LogP contribution in [-0.4, -0.2) is 6.16 Å². The van der Waals surface area contributed by atoms with Gasteiger partial charge in [0.15, 0.2) is 0 Å². The molecule has 1 unspecified atom stereocenters. The summed E-state index contributed by atoms with van der Waals surface area (Å²) >= 11 is 0. The molecule has 0 amide bonds. The lowest BCUT2D eigenvalue weighted by molar-refractivity contribution is 0.134. The Bertz CT molecular complexity index is 172. The number of rotatable bonds is 5. The van der Waals surface area contributed by atoms with Gasteiger partial charge in [-0.3, -0.25) is 0 Å². The maximum atomic E-state index is 2.92. The van der Waals surface area contributed by atoms with Gasteiger partial charge in [-0.1, -0.05) is 64.2 Å². The summed E-state index contributed by atoms with van der Waals surface area (Å²) in [6.07, 6.45) is 19.6. The Balaban J connectivity index is 1.90. The molecule has 0 aliphatic heterocycles. The van der Waals surface area contributed by atoms with Crippen LogP contribution in [0.5, 0.6) is 0 Å². The third-order valence-electron chi connectivity index (χ3n) is 5.25. The SMILES string of the molecule is PCCCC(C1CCCCC1)C1CCCCC1. The van der Waals surface area contributed by atoms with E-state index in [1.54, 1.807) is 25.7 Å². The second-order valence-corrected chi connectivity index (χ2v) is 6.97. The first-order valence-corrected chi connectivity index (χ1v) is 8.93. The van der Waals surface area contributed by atoms with Crippen LogP contribution in [0.2, 0.25) is 0 Å². The second kappa shape index (κ2) is 7.78. The van der Waals surface area contributed by atoms with Crippen molar-refractivity contribution in [3.8, 4) is 0 Å². The maximum absolute atomic E-state index is 2.92. The molecule has 2 rings (SSSR count). The molecule has 2 fully saturated rings. The molecule has 0 aromatic heterocycles. The van der Waals surface area contributed by atoms with Gasteiger partial charge in [0, 0.05) is 0 Å². The van der Waals surface area contributed by atoms with Crippen molar-refractivity contribution in [1.29, 1.82) is 0 Å². The lowest BCUT2D eigenvalue weighted by atomic mass is 9.68. The van der Waals surface area contributed by atoms with Crippen molar-refractivity contribution in [2.75, 3.05) is 6.16 Å². The highest BCUT2D eigenvalue weighted by Crippen LogP contribution is 2.42. The van der Waals surface area contributed by atoms with Crippen LogP contribution in [0.4, 0.5) is 0 Å². The van der Waals surface area contributed by atoms with Gasteiger partial charge >= 0.3 is 0 Å². The standard InChI is InChI=1S/C16H31P/c17-13-7-12-16(14-8-3-1-4-9-14)15-10-5-2-6-11-15/h14-16H,1-13,17H2. The Morgan fingerprint density at radius 2 is 1.24 bits per heavy atom. The fourth-order valence-electron chi connectivity index (χ4n) is 4.33. The minimum atomic E-state index is 1.09. The predicted octanol–water partition coefficient (Wildman–Crippen LogP) is 5.42.